The molecule has 0 aliphatic rings. The number of hydrogen-bond acceptors (Lipinski definition) is 5. The van der Waals surface area contributed by atoms with E-state index in [1.807, 2.05) is 0 Å². The number of carboxylic acid groups (broad SMARTS) is 1. The van der Waals surface area contributed by atoms with E-state index in [9.17, 15) is 19.2 Å². The average Bonchev–Trinajstić information content (AvgIpc) is 3.17. The van der Waals surface area contributed by atoms with Crippen molar-refractivity contribution in [1.29, 1.82) is 0 Å². The number of nitrogens with one attached hydrogen (secondary N) is 4. The van der Waals surface area contributed by atoms with Gasteiger partial charge in [-0.3, -0.25) is 19.2 Å². The Morgan fingerprint density at radius 1 is 1.07 bits per heavy atom. The first-order chi connectivity index (χ1) is 13.0. The summed E-state index contributed by atoms with van der Waals surface area (Å²) in [4.78, 5) is 53.5. The molecule has 0 bridgehead atoms. The number of hydrogen-bond donors (Lipinski definition) is 5. The summed E-state index contributed by atoms with van der Waals surface area (Å²) in [6.07, 6.45) is 2.99. The lowest BCUT2D eigenvalue weighted by molar-refractivity contribution is -0.138. The van der Waals surface area contributed by atoms with Crippen LogP contribution in [0.5, 0.6) is 0 Å². The highest BCUT2D eigenvalue weighted by atomic mass is 16.4. The van der Waals surface area contributed by atoms with E-state index in [4.69, 9.17) is 5.11 Å². The maximum atomic E-state index is 12.2. The van der Waals surface area contributed by atoms with Gasteiger partial charge in [0, 0.05) is 23.9 Å². The van der Waals surface area contributed by atoms with Crippen LogP contribution in [0.4, 0.5) is 0 Å². The molecule has 0 spiro atoms. The van der Waals surface area contributed by atoms with Crippen LogP contribution in [0.1, 0.15) is 16.1 Å². The quantitative estimate of drug-likeness (QED) is 0.383. The summed E-state index contributed by atoms with van der Waals surface area (Å²) in [5, 5.41) is 15.8. The van der Waals surface area contributed by atoms with Gasteiger partial charge >= 0.3 is 5.97 Å². The van der Waals surface area contributed by atoms with Gasteiger partial charge in [-0.15, -0.1) is 0 Å². The fourth-order valence-electron chi connectivity index (χ4n) is 2.21. The molecule has 1 aromatic carbocycles. The first kappa shape index (κ1) is 19.6. The van der Waals surface area contributed by atoms with Crippen LogP contribution < -0.4 is 16.0 Å². The first-order valence-corrected chi connectivity index (χ1v) is 8.05. The highest BCUT2D eigenvalue weighted by Gasteiger charge is 2.22. The Bertz CT molecular complexity index is 791. The van der Waals surface area contributed by atoms with Crippen LogP contribution in [0, 0.1) is 0 Å². The van der Waals surface area contributed by atoms with Crippen molar-refractivity contribution in [2.75, 3.05) is 13.1 Å². The molecule has 1 atom stereocenters. The largest absolute Gasteiger partial charge is 0.480 e. The Balaban J connectivity index is 1.92. The third kappa shape index (κ3) is 6.61. The van der Waals surface area contributed by atoms with Crippen LogP contribution in [-0.2, 0) is 20.8 Å². The number of imidazole rings is 1. The fourth-order valence-corrected chi connectivity index (χ4v) is 2.21. The number of benzene rings is 1. The number of H-pyrrole nitrogens is 1. The van der Waals surface area contributed by atoms with E-state index in [2.05, 4.69) is 25.9 Å². The highest BCUT2D eigenvalue weighted by molar-refractivity contribution is 5.97. The zero-order valence-electron chi connectivity index (χ0n) is 14.3. The van der Waals surface area contributed by atoms with Gasteiger partial charge in [0.05, 0.1) is 12.9 Å². The molecular weight excluding hydrogens is 354 g/mol. The molecular formula is C17H19N5O5. The minimum Gasteiger partial charge on any atom is -0.480 e. The van der Waals surface area contributed by atoms with Crippen LogP contribution in [0.2, 0.25) is 0 Å². The topological polar surface area (TPSA) is 153 Å². The van der Waals surface area contributed by atoms with Crippen LogP contribution >= 0.6 is 0 Å². The van der Waals surface area contributed by atoms with Crippen molar-refractivity contribution in [3.63, 3.8) is 0 Å². The second kappa shape index (κ2) is 9.70. The highest BCUT2D eigenvalue weighted by Crippen LogP contribution is 2.00. The molecule has 2 rings (SSSR count). The van der Waals surface area contributed by atoms with Gasteiger partial charge in [0.25, 0.3) is 5.91 Å². The molecule has 142 valence electrons. The zero-order valence-corrected chi connectivity index (χ0v) is 14.3. The molecule has 0 saturated heterocycles. The lowest BCUT2D eigenvalue weighted by Gasteiger charge is -2.17. The van der Waals surface area contributed by atoms with E-state index in [0.29, 0.717) is 11.3 Å². The summed E-state index contributed by atoms with van der Waals surface area (Å²) in [6.45, 7) is -0.904. The van der Waals surface area contributed by atoms with Crippen LogP contribution in [0.3, 0.4) is 0 Å². The predicted octanol–water partition coefficient (Wildman–Crippen LogP) is -0.932. The van der Waals surface area contributed by atoms with Gasteiger partial charge in [-0.05, 0) is 12.1 Å². The summed E-state index contributed by atoms with van der Waals surface area (Å²) < 4.78 is 0. The fraction of sp³-hybridized carbons (Fsp3) is 0.235. The molecule has 0 fully saturated rings. The van der Waals surface area contributed by atoms with Gasteiger partial charge in [-0.2, -0.15) is 0 Å². The minimum atomic E-state index is -1.20. The van der Waals surface area contributed by atoms with Crippen molar-refractivity contribution in [3.05, 3.63) is 54.1 Å². The number of aliphatic carboxylic acids is 1. The first-order valence-electron chi connectivity index (χ1n) is 8.05. The summed E-state index contributed by atoms with van der Waals surface area (Å²) >= 11 is 0. The summed E-state index contributed by atoms with van der Waals surface area (Å²) in [7, 11) is 0. The second-order valence-corrected chi connectivity index (χ2v) is 5.56. The SMILES string of the molecule is O=C(O)CNC(=O)C(Cc1cnc[nH]1)NC(=O)CNC(=O)c1ccccc1. The minimum absolute atomic E-state index is 0.0871. The van der Waals surface area contributed by atoms with Gasteiger partial charge in [-0.25, -0.2) is 4.98 Å². The van der Waals surface area contributed by atoms with Gasteiger partial charge in [0.1, 0.15) is 12.6 Å². The van der Waals surface area contributed by atoms with Gasteiger partial charge < -0.3 is 26.0 Å². The number of amides is 3. The summed E-state index contributed by atoms with van der Waals surface area (Å²) in [5.74, 6) is -2.87. The molecule has 0 saturated carbocycles. The number of carbonyl (C=O) groups is 4. The van der Waals surface area contributed by atoms with Crippen LogP contribution in [0.15, 0.2) is 42.9 Å². The lowest BCUT2D eigenvalue weighted by atomic mass is 10.1. The number of nitrogens with zero attached hydrogens (tertiary/aromatic N) is 1. The molecule has 3 amide bonds. The third-order valence-corrected chi connectivity index (χ3v) is 3.49. The van der Waals surface area contributed by atoms with Crippen molar-refractivity contribution in [2.45, 2.75) is 12.5 Å². The van der Waals surface area contributed by atoms with Crippen LogP contribution in [-0.4, -0.2) is 57.9 Å². The van der Waals surface area contributed by atoms with E-state index < -0.39 is 36.3 Å². The van der Waals surface area contributed by atoms with Gasteiger partial charge in [0.2, 0.25) is 11.8 Å². The molecule has 1 heterocycles. The maximum Gasteiger partial charge on any atom is 0.322 e. The number of carbonyl (C=O) groups excluding carboxylic acids is 3. The van der Waals surface area contributed by atoms with E-state index >= 15 is 0 Å². The Kier molecular flexibility index (Phi) is 7.06. The second-order valence-electron chi connectivity index (χ2n) is 5.56. The Labute approximate surface area is 154 Å². The van der Waals surface area contributed by atoms with Gasteiger partial charge in [0.15, 0.2) is 0 Å². The number of aromatic amines is 1. The maximum absolute atomic E-state index is 12.2. The lowest BCUT2D eigenvalue weighted by Crippen LogP contribution is -2.51. The summed E-state index contributed by atoms with van der Waals surface area (Å²) in [6, 6.07) is 7.34. The van der Waals surface area contributed by atoms with Crippen molar-refractivity contribution in [2.24, 2.45) is 0 Å². The van der Waals surface area contributed by atoms with Crippen molar-refractivity contribution in [1.82, 2.24) is 25.9 Å². The van der Waals surface area contributed by atoms with E-state index in [-0.39, 0.29) is 13.0 Å². The van der Waals surface area contributed by atoms with E-state index in [1.165, 1.54) is 12.5 Å². The molecule has 1 unspecified atom stereocenters. The van der Waals surface area contributed by atoms with E-state index in [1.54, 1.807) is 30.3 Å². The zero-order chi connectivity index (χ0) is 19.6. The Morgan fingerprint density at radius 2 is 1.81 bits per heavy atom. The van der Waals surface area contributed by atoms with E-state index in [0.717, 1.165) is 0 Å². The molecule has 10 heteroatoms. The smallest absolute Gasteiger partial charge is 0.322 e. The Morgan fingerprint density at radius 3 is 2.44 bits per heavy atom. The molecule has 2 aromatic rings. The number of aromatic nitrogens is 2. The van der Waals surface area contributed by atoms with Crippen molar-refractivity contribution >= 4 is 23.7 Å². The standard InChI is InChI=1S/C17H19N5O5/c23-14(8-19-16(26)11-4-2-1-3-5-11)22-13(6-12-7-18-10-21-12)17(27)20-9-15(24)25/h1-5,7,10,13H,6,8-9H2,(H,18,21)(H,19,26)(H,20,27)(H,22,23)(H,24,25). The molecule has 0 radical (unpaired) electrons. The molecule has 0 aliphatic heterocycles. The summed E-state index contributed by atoms with van der Waals surface area (Å²) in [5.41, 5.74) is 0.984. The third-order valence-electron chi connectivity index (χ3n) is 3.49. The molecule has 1 aromatic heterocycles. The number of rotatable bonds is 9. The Hall–Kier alpha value is -3.69. The van der Waals surface area contributed by atoms with Crippen molar-refractivity contribution < 1.29 is 24.3 Å². The molecule has 5 N–H and O–H groups in total. The van der Waals surface area contributed by atoms with Gasteiger partial charge in [-0.1, -0.05) is 18.2 Å². The molecule has 27 heavy (non-hydrogen) atoms. The monoisotopic (exact) mass is 373 g/mol. The predicted molar refractivity (Wildman–Crippen MR) is 93.6 cm³/mol. The van der Waals surface area contributed by atoms with Crippen molar-refractivity contribution in [3.8, 4) is 0 Å². The molecule has 0 aliphatic carbocycles. The molecule has 10 nitrogen and oxygen atoms in total. The number of carboxylic acids is 1. The average molecular weight is 373 g/mol. The van der Waals surface area contributed by atoms with Crippen LogP contribution in [0.25, 0.3) is 0 Å². The normalized spacial score (nSPS) is 11.3.